The summed E-state index contributed by atoms with van der Waals surface area (Å²) < 4.78 is 11.0. The molecule has 1 aromatic rings. The number of carbonyl (C=O) groups excluding carboxylic acids is 1. The Morgan fingerprint density at radius 3 is 2.40 bits per heavy atom. The Labute approximate surface area is 120 Å². The average Bonchev–Trinajstić information content (AvgIpc) is 2.40. The van der Waals surface area contributed by atoms with Crippen LogP contribution in [0.15, 0.2) is 24.3 Å². The van der Waals surface area contributed by atoms with Crippen molar-refractivity contribution in [3.8, 4) is 5.75 Å². The summed E-state index contributed by atoms with van der Waals surface area (Å²) in [6.45, 7) is 7.99. The number of amides is 1. The van der Waals surface area contributed by atoms with Gasteiger partial charge in [0, 0.05) is 13.1 Å². The Morgan fingerprint density at radius 2 is 1.85 bits per heavy atom. The quantitative estimate of drug-likeness (QED) is 0.847. The standard InChI is InChI=1S/C16H23NO3/c1-4-19-15-7-5-14(6-8-15)9-16(18)17-10-12(2)20-13(3)11-17/h5-8,12-13H,4,9-11H2,1-3H3/t12-,13+. The number of carbonyl (C=O) groups is 1. The van der Waals surface area contributed by atoms with Gasteiger partial charge in [0.2, 0.25) is 5.91 Å². The molecule has 1 amide bonds. The highest BCUT2D eigenvalue weighted by Gasteiger charge is 2.25. The predicted molar refractivity (Wildman–Crippen MR) is 77.9 cm³/mol. The summed E-state index contributed by atoms with van der Waals surface area (Å²) in [6.07, 6.45) is 0.664. The second-order valence-electron chi connectivity index (χ2n) is 5.31. The summed E-state index contributed by atoms with van der Waals surface area (Å²) in [5.41, 5.74) is 1.02. The van der Waals surface area contributed by atoms with Gasteiger partial charge < -0.3 is 14.4 Å². The third kappa shape index (κ3) is 3.97. The van der Waals surface area contributed by atoms with Crippen LogP contribution in [0.2, 0.25) is 0 Å². The van der Waals surface area contributed by atoms with E-state index < -0.39 is 0 Å². The maximum absolute atomic E-state index is 12.3. The number of morpholine rings is 1. The molecule has 1 aromatic carbocycles. The van der Waals surface area contributed by atoms with E-state index in [-0.39, 0.29) is 18.1 Å². The van der Waals surface area contributed by atoms with Gasteiger partial charge in [0.1, 0.15) is 5.75 Å². The Balaban J connectivity index is 1.93. The highest BCUT2D eigenvalue weighted by atomic mass is 16.5. The van der Waals surface area contributed by atoms with E-state index in [2.05, 4.69) is 0 Å². The molecular weight excluding hydrogens is 254 g/mol. The molecule has 1 fully saturated rings. The van der Waals surface area contributed by atoms with Crippen LogP contribution in [0.4, 0.5) is 0 Å². The van der Waals surface area contributed by atoms with Crippen molar-refractivity contribution >= 4 is 5.91 Å². The van der Waals surface area contributed by atoms with Crippen LogP contribution in [0.1, 0.15) is 26.3 Å². The van der Waals surface area contributed by atoms with Crippen LogP contribution in [-0.4, -0.2) is 42.7 Å². The molecule has 0 unspecified atom stereocenters. The maximum atomic E-state index is 12.3. The van der Waals surface area contributed by atoms with Crippen LogP contribution in [-0.2, 0) is 16.0 Å². The van der Waals surface area contributed by atoms with E-state index >= 15 is 0 Å². The van der Waals surface area contributed by atoms with Gasteiger partial charge >= 0.3 is 0 Å². The van der Waals surface area contributed by atoms with Crippen LogP contribution < -0.4 is 4.74 Å². The van der Waals surface area contributed by atoms with Crippen LogP contribution in [0.5, 0.6) is 5.75 Å². The monoisotopic (exact) mass is 277 g/mol. The number of hydrogen-bond acceptors (Lipinski definition) is 3. The van der Waals surface area contributed by atoms with E-state index in [1.807, 2.05) is 49.9 Å². The van der Waals surface area contributed by atoms with Crippen molar-refractivity contribution in [3.63, 3.8) is 0 Å². The molecule has 2 atom stereocenters. The van der Waals surface area contributed by atoms with Crippen molar-refractivity contribution < 1.29 is 14.3 Å². The van der Waals surface area contributed by atoms with Crippen LogP contribution in [0, 0.1) is 0 Å². The third-order valence-corrected chi connectivity index (χ3v) is 3.36. The summed E-state index contributed by atoms with van der Waals surface area (Å²) >= 11 is 0. The van der Waals surface area contributed by atoms with E-state index in [4.69, 9.17) is 9.47 Å². The molecular formula is C16H23NO3. The molecule has 0 saturated carbocycles. The summed E-state index contributed by atoms with van der Waals surface area (Å²) in [5, 5.41) is 0. The smallest absolute Gasteiger partial charge is 0.227 e. The third-order valence-electron chi connectivity index (χ3n) is 3.36. The molecule has 1 aliphatic heterocycles. The molecule has 0 bridgehead atoms. The fourth-order valence-electron chi connectivity index (χ4n) is 2.54. The van der Waals surface area contributed by atoms with E-state index in [1.165, 1.54) is 0 Å². The molecule has 110 valence electrons. The molecule has 4 nitrogen and oxygen atoms in total. The van der Waals surface area contributed by atoms with Crippen LogP contribution in [0.3, 0.4) is 0 Å². The van der Waals surface area contributed by atoms with Gasteiger partial charge in [0.15, 0.2) is 0 Å². The molecule has 0 aromatic heterocycles. The van der Waals surface area contributed by atoms with Crippen LogP contribution in [0.25, 0.3) is 0 Å². The fourth-order valence-corrected chi connectivity index (χ4v) is 2.54. The highest BCUT2D eigenvalue weighted by Crippen LogP contribution is 2.15. The minimum absolute atomic E-state index is 0.114. The van der Waals surface area contributed by atoms with E-state index in [0.717, 1.165) is 11.3 Å². The molecule has 2 rings (SSSR count). The molecule has 0 spiro atoms. The van der Waals surface area contributed by atoms with Crippen molar-refractivity contribution in [2.24, 2.45) is 0 Å². The zero-order valence-electron chi connectivity index (χ0n) is 12.5. The Morgan fingerprint density at radius 1 is 1.25 bits per heavy atom. The molecule has 0 aliphatic carbocycles. The molecule has 1 heterocycles. The van der Waals surface area contributed by atoms with Gasteiger partial charge in [-0.1, -0.05) is 12.1 Å². The first-order valence-electron chi connectivity index (χ1n) is 7.23. The summed E-state index contributed by atoms with van der Waals surface area (Å²) in [6, 6.07) is 7.74. The molecule has 20 heavy (non-hydrogen) atoms. The number of ether oxygens (including phenoxy) is 2. The summed E-state index contributed by atoms with van der Waals surface area (Å²) in [7, 11) is 0. The zero-order chi connectivity index (χ0) is 14.5. The van der Waals surface area contributed by atoms with Crippen LogP contribution >= 0.6 is 0 Å². The van der Waals surface area contributed by atoms with Crippen molar-refractivity contribution in [2.45, 2.75) is 39.4 Å². The number of hydrogen-bond donors (Lipinski definition) is 0. The fraction of sp³-hybridized carbons (Fsp3) is 0.562. The minimum Gasteiger partial charge on any atom is -0.494 e. The van der Waals surface area contributed by atoms with Crippen molar-refractivity contribution in [1.82, 2.24) is 4.90 Å². The first-order valence-corrected chi connectivity index (χ1v) is 7.23. The Kier molecular flexibility index (Phi) is 5.01. The lowest BCUT2D eigenvalue weighted by Gasteiger charge is -2.35. The molecule has 1 saturated heterocycles. The van der Waals surface area contributed by atoms with Gasteiger partial charge in [-0.15, -0.1) is 0 Å². The highest BCUT2D eigenvalue weighted by molar-refractivity contribution is 5.79. The largest absolute Gasteiger partial charge is 0.494 e. The van der Waals surface area contributed by atoms with E-state index in [9.17, 15) is 4.79 Å². The lowest BCUT2D eigenvalue weighted by molar-refractivity contribution is -0.142. The topological polar surface area (TPSA) is 38.8 Å². The lowest BCUT2D eigenvalue weighted by atomic mass is 10.1. The Bertz CT molecular complexity index is 434. The second-order valence-corrected chi connectivity index (χ2v) is 5.31. The number of nitrogens with zero attached hydrogens (tertiary/aromatic N) is 1. The maximum Gasteiger partial charge on any atom is 0.227 e. The van der Waals surface area contributed by atoms with E-state index in [1.54, 1.807) is 0 Å². The van der Waals surface area contributed by atoms with Gasteiger partial charge in [-0.2, -0.15) is 0 Å². The SMILES string of the molecule is CCOc1ccc(CC(=O)N2C[C@@H](C)O[C@@H](C)C2)cc1. The molecule has 0 radical (unpaired) electrons. The van der Waals surface area contributed by atoms with E-state index in [0.29, 0.717) is 26.1 Å². The predicted octanol–water partition coefficient (Wildman–Crippen LogP) is 2.26. The van der Waals surface area contributed by atoms with Gasteiger partial charge in [-0.25, -0.2) is 0 Å². The number of rotatable bonds is 4. The van der Waals surface area contributed by atoms with Crippen molar-refractivity contribution in [2.75, 3.05) is 19.7 Å². The zero-order valence-corrected chi connectivity index (χ0v) is 12.5. The Hall–Kier alpha value is -1.55. The minimum atomic E-state index is 0.114. The van der Waals surface area contributed by atoms with Gasteiger partial charge in [0.25, 0.3) is 0 Å². The summed E-state index contributed by atoms with van der Waals surface area (Å²) in [5.74, 6) is 1.01. The second kappa shape index (κ2) is 6.75. The van der Waals surface area contributed by atoms with Gasteiger partial charge in [-0.3, -0.25) is 4.79 Å². The van der Waals surface area contributed by atoms with Crippen molar-refractivity contribution in [3.05, 3.63) is 29.8 Å². The van der Waals surface area contributed by atoms with Crippen molar-refractivity contribution in [1.29, 1.82) is 0 Å². The average molecular weight is 277 g/mol. The molecule has 1 aliphatic rings. The first-order chi connectivity index (χ1) is 9.58. The number of benzene rings is 1. The molecule has 4 heteroatoms. The lowest BCUT2D eigenvalue weighted by Crippen LogP contribution is -2.48. The normalized spacial score (nSPS) is 22.6. The molecule has 0 N–H and O–H groups in total. The summed E-state index contributed by atoms with van der Waals surface area (Å²) in [4.78, 5) is 14.2. The van der Waals surface area contributed by atoms with Gasteiger partial charge in [0.05, 0.1) is 25.2 Å². The first kappa shape index (κ1) is 14.9. The van der Waals surface area contributed by atoms with Gasteiger partial charge in [-0.05, 0) is 38.5 Å².